The van der Waals surface area contributed by atoms with E-state index in [1.54, 1.807) is 0 Å². The number of quaternary nitrogens is 1. The van der Waals surface area contributed by atoms with Gasteiger partial charge in [0.1, 0.15) is 0 Å². The molecule has 0 spiro atoms. The van der Waals surface area contributed by atoms with E-state index >= 15 is 0 Å². The minimum Gasteiger partial charge on any atom is -0.337 e. The van der Waals surface area contributed by atoms with E-state index < -0.39 is 0 Å². The molecule has 0 aromatic heterocycles. The van der Waals surface area contributed by atoms with Gasteiger partial charge in [-0.15, -0.1) is 0 Å². The van der Waals surface area contributed by atoms with E-state index in [1.165, 1.54) is 11.3 Å². The number of amides is 2. The molecule has 4 rings (SSSR count). The molecule has 29 heavy (non-hydrogen) atoms. The van der Waals surface area contributed by atoms with Crippen molar-refractivity contribution in [2.24, 2.45) is 11.8 Å². The van der Waals surface area contributed by atoms with Crippen molar-refractivity contribution in [3.8, 4) is 0 Å². The third-order valence-corrected chi connectivity index (χ3v) is 6.38. The minimum absolute atomic E-state index is 0.0970. The first kappa shape index (κ1) is 19.9. The van der Waals surface area contributed by atoms with Crippen LogP contribution in [0.3, 0.4) is 0 Å². The van der Waals surface area contributed by atoms with Crippen LogP contribution in [0.1, 0.15) is 30.6 Å². The van der Waals surface area contributed by atoms with Crippen LogP contribution in [0.5, 0.6) is 0 Å². The second-order valence-corrected chi connectivity index (χ2v) is 9.03. The molecule has 2 aromatic rings. The molecule has 2 atom stereocenters. The highest BCUT2D eigenvalue weighted by Crippen LogP contribution is 2.20. The van der Waals surface area contributed by atoms with Crippen LogP contribution in [0.25, 0.3) is 10.8 Å². The lowest BCUT2D eigenvalue weighted by atomic mass is 9.92. The van der Waals surface area contributed by atoms with Crippen molar-refractivity contribution in [1.29, 1.82) is 0 Å². The number of hydrogen-bond acceptors (Lipinski definition) is 2. The molecule has 5 heteroatoms. The summed E-state index contributed by atoms with van der Waals surface area (Å²) in [6, 6.07) is 14.0. The Morgan fingerprint density at radius 3 is 2.28 bits per heavy atom. The highest BCUT2D eigenvalue weighted by atomic mass is 16.2. The predicted molar refractivity (Wildman–Crippen MR) is 115 cm³/mol. The monoisotopic (exact) mass is 394 g/mol. The number of fused-ring (bicyclic) bond motifs is 1. The second kappa shape index (κ2) is 8.54. The van der Waals surface area contributed by atoms with Crippen LogP contribution in [0.15, 0.2) is 42.5 Å². The van der Waals surface area contributed by atoms with Gasteiger partial charge in [0, 0.05) is 18.7 Å². The molecule has 2 aliphatic heterocycles. The van der Waals surface area contributed by atoms with Crippen LogP contribution in [0.4, 0.5) is 0 Å². The number of piperazine rings is 1. The van der Waals surface area contributed by atoms with E-state index in [9.17, 15) is 9.59 Å². The average Bonchev–Trinajstić information content (AvgIpc) is 2.72. The van der Waals surface area contributed by atoms with Crippen molar-refractivity contribution in [3.05, 3.63) is 48.0 Å². The van der Waals surface area contributed by atoms with Crippen molar-refractivity contribution in [2.75, 3.05) is 45.8 Å². The molecule has 2 fully saturated rings. The Bertz CT molecular complexity index is 879. The molecule has 0 unspecified atom stereocenters. The largest absolute Gasteiger partial charge is 0.337 e. The van der Waals surface area contributed by atoms with Gasteiger partial charge >= 0.3 is 0 Å². The van der Waals surface area contributed by atoms with E-state index in [2.05, 4.69) is 24.8 Å². The molecule has 2 aromatic carbocycles. The Labute approximate surface area is 173 Å². The Morgan fingerprint density at radius 1 is 0.931 bits per heavy atom. The first-order valence-corrected chi connectivity index (χ1v) is 10.9. The van der Waals surface area contributed by atoms with E-state index in [0.717, 1.165) is 42.5 Å². The summed E-state index contributed by atoms with van der Waals surface area (Å²) in [6.45, 7) is 9.90. The number of nitrogens with zero attached hydrogens (tertiary/aromatic N) is 2. The summed E-state index contributed by atoms with van der Waals surface area (Å²) in [5.41, 5.74) is 0.750. The zero-order valence-corrected chi connectivity index (χ0v) is 17.6. The quantitative estimate of drug-likeness (QED) is 0.861. The molecule has 0 aliphatic carbocycles. The molecule has 0 saturated carbocycles. The van der Waals surface area contributed by atoms with E-state index in [1.807, 2.05) is 41.3 Å². The third-order valence-electron chi connectivity index (χ3n) is 6.38. The van der Waals surface area contributed by atoms with Gasteiger partial charge < -0.3 is 14.7 Å². The lowest BCUT2D eigenvalue weighted by molar-refractivity contribution is -0.896. The maximum Gasteiger partial charge on any atom is 0.277 e. The van der Waals surface area contributed by atoms with Crippen LogP contribution in [0.2, 0.25) is 0 Å². The first-order chi connectivity index (χ1) is 14.0. The van der Waals surface area contributed by atoms with Crippen molar-refractivity contribution >= 4 is 22.6 Å². The summed E-state index contributed by atoms with van der Waals surface area (Å²) in [4.78, 5) is 31.0. The van der Waals surface area contributed by atoms with Crippen molar-refractivity contribution in [1.82, 2.24) is 9.80 Å². The number of benzene rings is 2. The molecule has 5 nitrogen and oxygen atoms in total. The smallest absolute Gasteiger partial charge is 0.277 e. The zero-order chi connectivity index (χ0) is 20.4. The van der Waals surface area contributed by atoms with Gasteiger partial charge in [-0.25, -0.2) is 0 Å². The van der Waals surface area contributed by atoms with Gasteiger partial charge in [0.2, 0.25) is 0 Å². The summed E-state index contributed by atoms with van der Waals surface area (Å²) in [6.07, 6.45) is 1.21. The van der Waals surface area contributed by atoms with Gasteiger partial charge in [-0.3, -0.25) is 9.59 Å². The Balaban J connectivity index is 1.31. The maximum atomic E-state index is 12.9. The molecule has 1 N–H and O–H groups in total. The minimum atomic E-state index is 0.0970. The number of hydrogen-bond donors (Lipinski definition) is 1. The molecule has 0 bridgehead atoms. The summed E-state index contributed by atoms with van der Waals surface area (Å²) in [7, 11) is 0. The molecule has 154 valence electrons. The van der Waals surface area contributed by atoms with Crippen LogP contribution in [0, 0.1) is 11.8 Å². The molecule has 0 radical (unpaired) electrons. The topological polar surface area (TPSA) is 45.1 Å². The lowest BCUT2D eigenvalue weighted by Crippen LogP contribution is -3.15. The van der Waals surface area contributed by atoms with E-state index in [0.29, 0.717) is 31.5 Å². The van der Waals surface area contributed by atoms with Crippen LogP contribution in [-0.2, 0) is 4.79 Å². The highest BCUT2D eigenvalue weighted by molar-refractivity contribution is 5.98. The van der Waals surface area contributed by atoms with Gasteiger partial charge in [0.05, 0.1) is 26.2 Å². The number of carbonyl (C=O) groups is 2. The third kappa shape index (κ3) is 4.61. The number of likely N-dealkylation sites (tertiary alicyclic amines) is 1. The van der Waals surface area contributed by atoms with Crippen molar-refractivity contribution < 1.29 is 14.5 Å². The van der Waals surface area contributed by atoms with Gasteiger partial charge in [-0.1, -0.05) is 44.2 Å². The fraction of sp³-hybridized carbons (Fsp3) is 0.500. The number of nitrogens with one attached hydrogen (secondary N) is 1. The van der Waals surface area contributed by atoms with Crippen molar-refractivity contribution in [2.45, 2.75) is 20.3 Å². The molecular formula is C24H32N3O2+. The molecule has 2 aliphatic rings. The lowest BCUT2D eigenvalue weighted by Gasteiger charge is -2.37. The Hall–Kier alpha value is -2.40. The maximum absolute atomic E-state index is 12.9. The van der Waals surface area contributed by atoms with Crippen LogP contribution >= 0.6 is 0 Å². The standard InChI is InChI=1S/C24H31N3O2/c1-18-13-19(2)16-27(15-18)23(28)17-25-9-11-26(12-10-25)24(29)22-8-7-20-5-3-4-6-21(20)14-22/h3-8,14,18-19H,9-13,15-17H2,1-2H3/p+1/t18-,19-/m1/s1. The normalized spacial score (nSPS) is 23.4. The van der Waals surface area contributed by atoms with E-state index in [4.69, 9.17) is 0 Å². The molecule has 2 heterocycles. The first-order valence-electron chi connectivity index (χ1n) is 10.9. The zero-order valence-electron chi connectivity index (χ0n) is 17.6. The van der Waals surface area contributed by atoms with Gasteiger partial charge in [-0.05, 0) is 41.2 Å². The molecular weight excluding hydrogens is 362 g/mol. The predicted octanol–water partition coefficient (Wildman–Crippen LogP) is 1.69. The van der Waals surface area contributed by atoms with Gasteiger partial charge in [0.25, 0.3) is 11.8 Å². The van der Waals surface area contributed by atoms with Crippen molar-refractivity contribution in [3.63, 3.8) is 0 Å². The molecule has 2 amide bonds. The summed E-state index contributed by atoms with van der Waals surface area (Å²) >= 11 is 0. The average molecular weight is 395 g/mol. The summed E-state index contributed by atoms with van der Waals surface area (Å²) in [5, 5.41) is 2.25. The summed E-state index contributed by atoms with van der Waals surface area (Å²) < 4.78 is 0. The Kier molecular flexibility index (Phi) is 5.86. The summed E-state index contributed by atoms with van der Waals surface area (Å²) in [5.74, 6) is 1.55. The Morgan fingerprint density at radius 2 is 1.59 bits per heavy atom. The van der Waals surface area contributed by atoms with Gasteiger partial charge in [0.15, 0.2) is 6.54 Å². The SMILES string of the molecule is C[C@@H]1C[C@@H](C)CN(C(=O)C[NH+]2CCN(C(=O)c3ccc4ccccc4c3)CC2)C1. The number of carbonyl (C=O) groups excluding carboxylic acids is 2. The molecule has 2 saturated heterocycles. The highest BCUT2D eigenvalue weighted by Gasteiger charge is 2.30. The fourth-order valence-corrected chi connectivity index (χ4v) is 4.90. The van der Waals surface area contributed by atoms with Gasteiger partial charge in [-0.2, -0.15) is 0 Å². The number of piperidine rings is 1. The number of rotatable bonds is 3. The van der Waals surface area contributed by atoms with E-state index in [-0.39, 0.29) is 11.8 Å². The fourth-order valence-electron chi connectivity index (χ4n) is 4.90. The van der Waals surface area contributed by atoms with Crippen LogP contribution in [-0.4, -0.2) is 67.4 Å². The van der Waals surface area contributed by atoms with Crippen LogP contribution < -0.4 is 4.90 Å². The second-order valence-electron chi connectivity index (χ2n) is 9.03.